The van der Waals surface area contributed by atoms with Gasteiger partial charge >= 0.3 is 12.1 Å². The van der Waals surface area contributed by atoms with Crippen molar-refractivity contribution in [2.24, 2.45) is 0 Å². The first-order chi connectivity index (χ1) is 9.86. The molecule has 0 fully saturated rings. The van der Waals surface area contributed by atoms with Crippen LogP contribution in [-0.2, 0) is 11.0 Å². The summed E-state index contributed by atoms with van der Waals surface area (Å²) in [5, 5.41) is 8.48. The molecule has 0 saturated heterocycles. The Labute approximate surface area is 118 Å². The first-order valence-corrected chi connectivity index (χ1v) is 5.98. The Morgan fingerprint density at radius 1 is 0.952 bits per heavy atom. The van der Waals surface area contributed by atoms with Gasteiger partial charge in [0.15, 0.2) is 6.61 Å². The van der Waals surface area contributed by atoms with Gasteiger partial charge in [0.1, 0.15) is 5.75 Å². The molecule has 2 aromatic carbocycles. The third-order valence-corrected chi connectivity index (χ3v) is 2.76. The van der Waals surface area contributed by atoms with Crippen molar-refractivity contribution in [3.63, 3.8) is 0 Å². The maximum absolute atomic E-state index is 12.5. The first-order valence-electron chi connectivity index (χ1n) is 5.98. The second-order valence-corrected chi connectivity index (χ2v) is 4.28. The normalized spacial score (nSPS) is 11.2. The molecule has 3 nitrogen and oxygen atoms in total. The molecule has 0 saturated carbocycles. The lowest BCUT2D eigenvalue weighted by Crippen LogP contribution is -2.09. The summed E-state index contributed by atoms with van der Waals surface area (Å²) >= 11 is 0. The molecule has 0 unspecified atom stereocenters. The minimum Gasteiger partial charge on any atom is -0.482 e. The van der Waals surface area contributed by atoms with Gasteiger partial charge in [-0.2, -0.15) is 13.2 Å². The quantitative estimate of drug-likeness (QED) is 0.932. The van der Waals surface area contributed by atoms with Crippen LogP contribution in [0.25, 0.3) is 11.1 Å². The topological polar surface area (TPSA) is 46.5 Å². The Bertz CT molecular complexity index is 616. The number of aliphatic carboxylic acids is 1. The fraction of sp³-hybridized carbons (Fsp3) is 0.133. The molecule has 2 aromatic rings. The van der Waals surface area contributed by atoms with E-state index in [1.807, 2.05) is 0 Å². The molecular formula is C15H11F3O3. The molecule has 1 N–H and O–H groups in total. The van der Waals surface area contributed by atoms with Crippen LogP contribution in [-0.4, -0.2) is 17.7 Å². The predicted molar refractivity (Wildman–Crippen MR) is 70.0 cm³/mol. The summed E-state index contributed by atoms with van der Waals surface area (Å²) in [4.78, 5) is 10.4. The molecule has 0 aliphatic rings. The van der Waals surface area contributed by atoms with E-state index < -0.39 is 24.3 Å². The summed E-state index contributed by atoms with van der Waals surface area (Å²) in [5.41, 5.74) is 0.645. The van der Waals surface area contributed by atoms with Gasteiger partial charge in [0.25, 0.3) is 0 Å². The zero-order valence-electron chi connectivity index (χ0n) is 10.7. The molecule has 21 heavy (non-hydrogen) atoms. The fourth-order valence-corrected chi connectivity index (χ4v) is 1.74. The number of ether oxygens (including phenoxy) is 1. The van der Waals surface area contributed by atoms with E-state index in [0.29, 0.717) is 16.9 Å². The number of hydrogen-bond donors (Lipinski definition) is 1. The highest BCUT2D eigenvalue weighted by atomic mass is 19.4. The van der Waals surface area contributed by atoms with Gasteiger partial charge < -0.3 is 9.84 Å². The van der Waals surface area contributed by atoms with Crippen molar-refractivity contribution in [1.82, 2.24) is 0 Å². The average Bonchev–Trinajstić information content (AvgIpc) is 2.45. The van der Waals surface area contributed by atoms with Gasteiger partial charge in [-0.3, -0.25) is 0 Å². The van der Waals surface area contributed by atoms with Crippen molar-refractivity contribution < 1.29 is 27.8 Å². The van der Waals surface area contributed by atoms with E-state index >= 15 is 0 Å². The number of carboxylic acid groups (broad SMARTS) is 1. The maximum atomic E-state index is 12.5. The highest BCUT2D eigenvalue weighted by Crippen LogP contribution is 2.31. The molecule has 0 aliphatic carbocycles. The smallest absolute Gasteiger partial charge is 0.416 e. The van der Waals surface area contributed by atoms with E-state index in [4.69, 9.17) is 9.84 Å². The Morgan fingerprint density at radius 2 is 1.43 bits per heavy atom. The number of alkyl halides is 3. The molecule has 6 heteroatoms. The van der Waals surface area contributed by atoms with Crippen molar-refractivity contribution in [1.29, 1.82) is 0 Å². The molecule has 0 atom stereocenters. The highest BCUT2D eigenvalue weighted by Gasteiger charge is 2.29. The Morgan fingerprint density at radius 3 is 1.86 bits per heavy atom. The van der Waals surface area contributed by atoms with Gasteiger partial charge in [0.05, 0.1) is 5.56 Å². The molecule has 0 spiro atoms. The summed E-state index contributed by atoms with van der Waals surface area (Å²) in [7, 11) is 0. The lowest BCUT2D eigenvalue weighted by molar-refractivity contribution is -0.139. The van der Waals surface area contributed by atoms with E-state index in [2.05, 4.69) is 0 Å². The van der Waals surface area contributed by atoms with Crippen molar-refractivity contribution in [2.45, 2.75) is 6.18 Å². The second-order valence-electron chi connectivity index (χ2n) is 4.28. The summed E-state index contributed by atoms with van der Waals surface area (Å²) in [6.45, 7) is -0.445. The standard InChI is InChI=1S/C15H11F3O3/c16-15(17,18)12-5-1-10(2-6-12)11-3-7-13(8-4-11)21-9-14(19)20/h1-8H,9H2,(H,19,20). The maximum Gasteiger partial charge on any atom is 0.416 e. The number of halogens is 3. The largest absolute Gasteiger partial charge is 0.482 e. The summed E-state index contributed by atoms with van der Waals surface area (Å²) in [6, 6.07) is 11.2. The first kappa shape index (κ1) is 14.9. The molecule has 0 aliphatic heterocycles. The Balaban J connectivity index is 2.13. The second kappa shape index (κ2) is 5.87. The zero-order chi connectivity index (χ0) is 15.5. The minimum atomic E-state index is -4.35. The van der Waals surface area contributed by atoms with Crippen molar-refractivity contribution in [2.75, 3.05) is 6.61 Å². The molecule has 0 amide bonds. The van der Waals surface area contributed by atoms with Crippen molar-refractivity contribution in [3.05, 3.63) is 54.1 Å². The van der Waals surface area contributed by atoms with Crippen molar-refractivity contribution >= 4 is 5.97 Å². The van der Waals surface area contributed by atoms with Crippen LogP contribution in [0.1, 0.15) is 5.56 Å². The van der Waals surface area contributed by atoms with Crippen LogP contribution < -0.4 is 4.74 Å². The molecule has 0 radical (unpaired) electrons. The van der Waals surface area contributed by atoms with Gasteiger partial charge in [-0.05, 0) is 35.4 Å². The van der Waals surface area contributed by atoms with Gasteiger partial charge in [0, 0.05) is 0 Å². The van der Waals surface area contributed by atoms with Crippen LogP contribution in [0.2, 0.25) is 0 Å². The lowest BCUT2D eigenvalue weighted by atomic mass is 10.0. The highest BCUT2D eigenvalue weighted by molar-refractivity contribution is 5.68. The van der Waals surface area contributed by atoms with E-state index in [1.54, 1.807) is 24.3 Å². The number of benzene rings is 2. The third kappa shape index (κ3) is 3.98. The molecule has 2 rings (SSSR count). The molecular weight excluding hydrogens is 285 g/mol. The molecule has 110 valence electrons. The van der Waals surface area contributed by atoms with Crippen LogP contribution in [0, 0.1) is 0 Å². The number of hydrogen-bond acceptors (Lipinski definition) is 2. The summed E-state index contributed by atoms with van der Waals surface area (Å²) < 4.78 is 42.4. The number of carboxylic acids is 1. The zero-order valence-corrected chi connectivity index (χ0v) is 10.7. The lowest BCUT2D eigenvalue weighted by Gasteiger charge is -2.08. The van der Waals surface area contributed by atoms with Crippen LogP contribution in [0.5, 0.6) is 5.75 Å². The SMILES string of the molecule is O=C(O)COc1ccc(-c2ccc(C(F)(F)F)cc2)cc1. The number of rotatable bonds is 4. The molecule has 0 heterocycles. The van der Waals surface area contributed by atoms with Crippen LogP contribution in [0.15, 0.2) is 48.5 Å². The van der Waals surface area contributed by atoms with E-state index in [-0.39, 0.29) is 0 Å². The Hall–Kier alpha value is -2.50. The van der Waals surface area contributed by atoms with E-state index in [9.17, 15) is 18.0 Å². The predicted octanol–water partition coefficient (Wildman–Crippen LogP) is 3.84. The van der Waals surface area contributed by atoms with Crippen LogP contribution >= 0.6 is 0 Å². The Kier molecular flexibility index (Phi) is 4.16. The van der Waals surface area contributed by atoms with E-state index in [0.717, 1.165) is 12.1 Å². The monoisotopic (exact) mass is 296 g/mol. The average molecular weight is 296 g/mol. The third-order valence-electron chi connectivity index (χ3n) is 2.76. The molecule has 0 bridgehead atoms. The van der Waals surface area contributed by atoms with Crippen LogP contribution in [0.4, 0.5) is 13.2 Å². The number of carbonyl (C=O) groups is 1. The summed E-state index contributed by atoms with van der Waals surface area (Å²) in [6.07, 6.45) is -4.35. The van der Waals surface area contributed by atoms with Crippen LogP contribution in [0.3, 0.4) is 0 Å². The van der Waals surface area contributed by atoms with E-state index in [1.165, 1.54) is 12.1 Å². The fourth-order valence-electron chi connectivity index (χ4n) is 1.74. The van der Waals surface area contributed by atoms with Gasteiger partial charge in [-0.15, -0.1) is 0 Å². The van der Waals surface area contributed by atoms with Gasteiger partial charge in [-0.1, -0.05) is 24.3 Å². The minimum absolute atomic E-state index is 0.382. The molecule has 0 aromatic heterocycles. The van der Waals surface area contributed by atoms with Gasteiger partial charge in [-0.25, -0.2) is 4.79 Å². The van der Waals surface area contributed by atoms with Crippen molar-refractivity contribution in [3.8, 4) is 16.9 Å². The summed E-state index contributed by atoms with van der Waals surface area (Å²) in [5.74, 6) is -0.699. The van der Waals surface area contributed by atoms with Gasteiger partial charge in [0.2, 0.25) is 0 Å².